The van der Waals surface area contributed by atoms with E-state index in [2.05, 4.69) is 9.52 Å². The van der Waals surface area contributed by atoms with Crippen molar-refractivity contribution >= 4 is 17.3 Å². The number of nitro benzene ring substituents is 1. The topological polar surface area (TPSA) is 102 Å². The van der Waals surface area contributed by atoms with Crippen molar-refractivity contribution in [1.29, 1.82) is 0 Å². The van der Waals surface area contributed by atoms with Gasteiger partial charge < -0.3 is 4.42 Å². The quantitative estimate of drug-likeness (QED) is 0.635. The highest BCUT2D eigenvalue weighted by atomic mass is 35.5. The molecule has 16 heavy (non-hydrogen) atoms. The van der Waals surface area contributed by atoms with E-state index in [9.17, 15) is 14.9 Å². The lowest BCUT2D eigenvalue weighted by Crippen LogP contribution is -1.94. The minimum absolute atomic E-state index is 0.0905. The molecule has 0 amide bonds. The van der Waals surface area contributed by atoms with Crippen molar-refractivity contribution in [1.82, 2.24) is 10.2 Å². The summed E-state index contributed by atoms with van der Waals surface area (Å²) < 4.78 is 4.63. The maximum Gasteiger partial charge on any atom is 0.434 e. The molecule has 0 saturated carbocycles. The SMILES string of the molecule is O=c1[nH]nc(-c2ccc(Cl)cc2[N+](=O)[O-])o1. The summed E-state index contributed by atoms with van der Waals surface area (Å²) in [6.07, 6.45) is 0. The van der Waals surface area contributed by atoms with Gasteiger partial charge in [0.2, 0.25) is 0 Å². The molecule has 0 aliphatic carbocycles. The Morgan fingerprint density at radius 3 is 2.81 bits per heavy atom. The fourth-order valence-electron chi connectivity index (χ4n) is 1.18. The molecular weight excluding hydrogens is 238 g/mol. The minimum Gasteiger partial charge on any atom is -0.387 e. The average Bonchev–Trinajstić information content (AvgIpc) is 2.64. The van der Waals surface area contributed by atoms with Crippen molar-refractivity contribution in [2.75, 3.05) is 0 Å². The molecule has 82 valence electrons. The van der Waals surface area contributed by atoms with Crippen LogP contribution in [0.5, 0.6) is 0 Å². The van der Waals surface area contributed by atoms with Crippen LogP contribution in [0.4, 0.5) is 5.69 Å². The number of halogens is 1. The van der Waals surface area contributed by atoms with Crippen LogP contribution in [-0.4, -0.2) is 15.1 Å². The molecule has 0 bridgehead atoms. The lowest BCUT2D eigenvalue weighted by atomic mass is 10.2. The monoisotopic (exact) mass is 241 g/mol. The van der Waals surface area contributed by atoms with E-state index in [1.807, 2.05) is 5.10 Å². The molecule has 2 aromatic rings. The zero-order chi connectivity index (χ0) is 11.7. The Hall–Kier alpha value is -2.15. The predicted molar refractivity (Wildman–Crippen MR) is 54.2 cm³/mol. The summed E-state index contributed by atoms with van der Waals surface area (Å²) in [6, 6.07) is 3.96. The highest BCUT2D eigenvalue weighted by Crippen LogP contribution is 2.30. The second kappa shape index (κ2) is 3.78. The third-order valence-corrected chi connectivity index (χ3v) is 2.06. The van der Waals surface area contributed by atoms with Crippen LogP contribution in [0, 0.1) is 10.1 Å². The second-order valence-electron chi connectivity index (χ2n) is 2.84. The predicted octanol–water partition coefficient (Wildman–Crippen LogP) is 1.59. The van der Waals surface area contributed by atoms with Crippen molar-refractivity contribution in [3.05, 3.63) is 43.9 Å². The lowest BCUT2D eigenvalue weighted by Gasteiger charge is -1.97. The highest BCUT2D eigenvalue weighted by Gasteiger charge is 2.19. The molecule has 0 aliphatic rings. The Kier molecular flexibility index (Phi) is 2.45. The lowest BCUT2D eigenvalue weighted by molar-refractivity contribution is -0.384. The highest BCUT2D eigenvalue weighted by molar-refractivity contribution is 6.30. The Labute approximate surface area is 92.8 Å². The number of nitro groups is 1. The third-order valence-electron chi connectivity index (χ3n) is 1.82. The summed E-state index contributed by atoms with van der Waals surface area (Å²) in [5.41, 5.74) is -0.185. The first-order valence-electron chi connectivity index (χ1n) is 4.08. The summed E-state index contributed by atoms with van der Waals surface area (Å²) in [4.78, 5) is 20.8. The van der Waals surface area contributed by atoms with Gasteiger partial charge in [0.1, 0.15) is 5.56 Å². The fourth-order valence-corrected chi connectivity index (χ4v) is 1.35. The van der Waals surface area contributed by atoms with Gasteiger partial charge in [-0.05, 0) is 12.1 Å². The van der Waals surface area contributed by atoms with Gasteiger partial charge in [-0.3, -0.25) is 10.1 Å². The van der Waals surface area contributed by atoms with Crippen LogP contribution < -0.4 is 5.76 Å². The number of benzene rings is 1. The van der Waals surface area contributed by atoms with Crippen LogP contribution in [0.3, 0.4) is 0 Å². The average molecular weight is 242 g/mol. The Morgan fingerprint density at radius 2 is 2.25 bits per heavy atom. The maximum atomic E-state index is 10.7. The van der Waals surface area contributed by atoms with E-state index in [0.717, 1.165) is 6.07 Å². The molecule has 0 spiro atoms. The zero-order valence-electron chi connectivity index (χ0n) is 7.64. The van der Waals surface area contributed by atoms with E-state index in [-0.39, 0.29) is 22.2 Å². The van der Waals surface area contributed by atoms with Crippen LogP contribution >= 0.6 is 11.6 Å². The summed E-state index contributed by atoms with van der Waals surface area (Å²) in [6.45, 7) is 0. The van der Waals surface area contributed by atoms with Crippen molar-refractivity contribution in [2.45, 2.75) is 0 Å². The zero-order valence-corrected chi connectivity index (χ0v) is 8.39. The number of nitrogens with one attached hydrogen (secondary N) is 1. The first kappa shape index (κ1) is 10.4. The Bertz CT molecular complexity index is 603. The number of H-pyrrole nitrogens is 1. The van der Waals surface area contributed by atoms with Crippen molar-refractivity contribution in [2.24, 2.45) is 0 Å². The smallest absolute Gasteiger partial charge is 0.387 e. The molecule has 0 unspecified atom stereocenters. The van der Waals surface area contributed by atoms with Gasteiger partial charge in [-0.2, -0.15) is 0 Å². The second-order valence-corrected chi connectivity index (χ2v) is 3.27. The van der Waals surface area contributed by atoms with E-state index < -0.39 is 10.7 Å². The number of aromatic nitrogens is 2. The fraction of sp³-hybridized carbons (Fsp3) is 0. The maximum absolute atomic E-state index is 10.7. The van der Waals surface area contributed by atoms with Crippen LogP contribution in [0.25, 0.3) is 11.5 Å². The standard InChI is InChI=1S/C8H4ClN3O4/c9-4-1-2-5(6(3-4)12(14)15)7-10-11-8(13)16-7/h1-3H,(H,11,13). The third kappa shape index (κ3) is 1.80. The van der Waals surface area contributed by atoms with Gasteiger partial charge >= 0.3 is 5.76 Å². The van der Waals surface area contributed by atoms with E-state index >= 15 is 0 Å². The number of rotatable bonds is 2. The molecule has 2 rings (SSSR count). The number of aromatic amines is 1. The van der Waals surface area contributed by atoms with Crippen LogP contribution in [0.1, 0.15) is 0 Å². The molecule has 0 saturated heterocycles. The molecule has 1 N–H and O–H groups in total. The molecule has 0 aliphatic heterocycles. The molecule has 0 radical (unpaired) electrons. The summed E-state index contributed by atoms with van der Waals surface area (Å²) in [7, 11) is 0. The van der Waals surface area contributed by atoms with Crippen molar-refractivity contribution in [3.8, 4) is 11.5 Å². The van der Waals surface area contributed by atoms with Gasteiger partial charge in [-0.1, -0.05) is 11.6 Å². The van der Waals surface area contributed by atoms with Gasteiger partial charge in [0.15, 0.2) is 0 Å². The van der Waals surface area contributed by atoms with E-state index in [4.69, 9.17) is 11.6 Å². The molecule has 0 atom stereocenters. The van der Waals surface area contributed by atoms with Crippen molar-refractivity contribution in [3.63, 3.8) is 0 Å². The van der Waals surface area contributed by atoms with Gasteiger partial charge in [-0.25, -0.2) is 9.89 Å². The molecular formula is C8H4ClN3O4. The van der Waals surface area contributed by atoms with E-state index in [0.29, 0.717) is 0 Å². The van der Waals surface area contributed by atoms with Crippen LogP contribution in [0.2, 0.25) is 5.02 Å². The number of hydrogen-bond donors (Lipinski definition) is 1. The van der Waals surface area contributed by atoms with Crippen LogP contribution in [0.15, 0.2) is 27.4 Å². The van der Waals surface area contributed by atoms with Gasteiger partial charge in [0.25, 0.3) is 11.6 Å². The largest absolute Gasteiger partial charge is 0.434 e. The normalized spacial score (nSPS) is 10.3. The molecule has 1 aromatic heterocycles. The number of nitrogens with zero attached hydrogens (tertiary/aromatic N) is 2. The first-order valence-corrected chi connectivity index (χ1v) is 4.45. The molecule has 1 heterocycles. The molecule has 0 fully saturated rings. The first-order chi connectivity index (χ1) is 7.58. The van der Waals surface area contributed by atoms with Crippen molar-refractivity contribution < 1.29 is 9.34 Å². The summed E-state index contributed by atoms with van der Waals surface area (Å²) >= 11 is 5.63. The molecule has 1 aromatic carbocycles. The molecule has 7 nitrogen and oxygen atoms in total. The molecule has 8 heteroatoms. The summed E-state index contributed by atoms with van der Waals surface area (Å²) in [5.74, 6) is -0.924. The van der Waals surface area contributed by atoms with E-state index in [1.165, 1.54) is 12.1 Å². The van der Waals surface area contributed by atoms with Gasteiger partial charge in [0, 0.05) is 11.1 Å². The van der Waals surface area contributed by atoms with Gasteiger partial charge in [-0.15, -0.1) is 5.10 Å². The van der Waals surface area contributed by atoms with E-state index in [1.54, 1.807) is 0 Å². The Morgan fingerprint density at radius 1 is 1.50 bits per heavy atom. The Balaban J connectivity index is 2.64. The van der Waals surface area contributed by atoms with Gasteiger partial charge in [0.05, 0.1) is 4.92 Å². The summed E-state index contributed by atoms with van der Waals surface area (Å²) in [5, 5.41) is 16.5. The number of hydrogen-bond acceptors (Lipinski definition) is 5. The minimum atomic E-state index is -0.778. The van der Waals surface area contributed by atoms with Crippen LogP contribution in [-0.2, 0) is 0 Å².